The number of rotatable bonds is 3. The lowest BCUT2D eigenvalue weighted by Crippen LogP contribution is -2.14. The highest BCUT2D eigenvalue weighted by Gasteiger charge is 2.49. The van der Waals surface area contributed by atoms with Crippen molar-refractivity contribution in [3.8, 4) is 11.8 Å². The number of fused-ring (bicyclic) bond motifs is 1. The quantitative estimate of drug-likeness (QED) is 0.540. The molecule has 1 fully saturated rings. The molecule has 0 aromatic heterocycles. The zero-order valence-electron chi connectivity index (χ0n) is 10.2. The molecule has 0 aromatic rings. The van der Waals surface area contributed by atoms with E-state index in [0.29, 0.717) is 12.5 Å². The van der Waals surface area contributed by atoms with Crippen molar-refractivity contribution in [1.82, 2.24) is 0 Å². The van der Waals surface area contributed by atoms with Crippen molar-refractivity contribution in [3.05, 3.63) is 0 Å². The van der Waals surface area contributed by atoms with E-state index in [2.05, 4.69) is 11.8 Å². The lowest BCUT2D eigenvalue weighted by Gasteiger charge is -2.06. The minimum atomic E-state index is -0.0597. The van der Waals surface area contributed by atoms with E-state index in [1.165, 1.54) is 12.8 Å². The van der Waals surface area contributed by atoms with Gasteiger partial charge in [0.05, 0.1) is 12.5 Å². The Morgan fingerprint density at radius 2 is 1.81 bits per heavy atom. The van der Waals surface area contributed by atoms with E-state index in [1.54, 1.807) is 0 Å². The fourth-order valence-electron chi connectivity index (χ4n) is 2.63. The van der Waals surface area contributed by atoms with E-state index in [9.17, 15) is 4.79 Å². The lowest BCUT2D eigenvalue weighted by molar-refractivity contribution is -0.148. The first-order valence-corrected chi connectivity index (χ1v) is 6.32. The SMILES string of the molecule is CC(C)C(=O)OCC1[C@H]2CCC#CCC[C@@H]12. The van der Waals surface area contributed by atoms with Gasteiger partial charge < -0.3 is 4.74 Å². The molecule has 2 aliphatic carbocycles. The fraction of sp³-hybridized carbons (Fsp3) is 0.786. The molecule has 2 aliphatic rings. The van der Waals surface area contributed by atoms with E-state index < -0.39 is 0 Å². The Hall–Kier alpha value is -0.970. The molecule has 0 bridgehead atoms. The maximum atomic E-state index is 11.4. The molecule has 2 heteroatoms. The third-order valence-electron chi connectivity index (χ3n) is 3.73. The Labute approximate surface area is 97.7 Å². The van der Waals surface area contributed by atoms with Crippen LogP contribution in [0.1, 0.15) is 39.5 Å². The van der Waals surface area contributed by atoms with Crippen LogP contribution in [-0.2, 0) is 9.53 Å². The normalized spacial score (nSPS) is 31.8. The second-order valence-corrected chi connectivity index (χ2v) is 5.21. The highest BCUT2D eigenvalue weighted by Crippen LogP contribution is 2.52. The lowest BCUT2D eigenvalue weighted by atomic mass is 10.1. The first kappa shape index (κ1) is 11.5. The Morgan fingerprint density at radius 1 is 1.25 bits per heavy atom. The highest BCUT2D eigenvalue weighted by atomic mass is 16.5. The molecule has 3 atom stereocenters. The van der Waals surface area contributed by atoms with Gasteiger partial charge in [0, 0.05) is 12.8 Å². The monoisotopic (exact) mass is 220 g/mol. The van der Waals surface area contributed by atoms with Crippen molar-refractivity contribution >= 4 is 5.97 Å². The van der Waals surface area contributed by atoms with Crippen LogP contribution in [0.25, 0.3) is 0 Å². The minimum Gasteiger partial charge on any atom is -0.465 e. The Bertz CT molecular complexity index is 303. The van der Waals surface area contributed by atoms with E-state index in [1.807, 2.05) is 13.8 Å². The van der Waals surface area contributed by atoms with Crippen LogP contribution in [0.15, 0.2) is 0 Å². The largest absolute Gasteiger partial charge is 0.465 e. The van der Waals surface area contributed by atoms with Gasteiger partial charge in [-0.15, -0.1) is 11.8 Å². The topological polar surface area (TPSA) is 26.3 Å². The van der Waals surface area contributed by atoms with Crippen molar-refractivity contribution in [2.45, 2.75) is 39.5 Å². The number of carbonyl (C=O) groups excluding carboxylic acids is 1. The van der Waals surface area contributed by atoms with Crippen molar-refractivity contribution in [2.75, 3.05) is 6.61 Å². The molecule has 0 heterocycles. The van der Waals surface area contributed by atoms with Crippen LogP contribution in [0.5, 0.6) is 0 Å². The molecule has 0 amide bonds. The number of esters is 1. The van der Waals surface area contributed by atoms with Gasteiger partial charge in [0.2, 0.25) is 0 Å². The molecule has 0 saturated heterocycles. The molecule has 0 spiro atoms. The minimum absolute atomic E-state index is 0.00494. The highest BCUT2D eigenvalue weighted by molar-refractivity contribution is 5.71. The van der Waals surface area contributed by atoms with Crippen LogP contribution in [-0.4, -0.2) is 12.6 Å². The zero-order chi connectivity index (χ0) is 11.5. The Kier molecular flexibility index (Phi) is 3.53. The number of ether oxygens (including phenoxy) is 1. The van der Waals surface area contributed by atoms with Gasteiger partial charge in [0.15, 0.2) is 0 Å². The first-order valence-electron chi connectivity index (χ1n) is 6.32. The Balaban J connectivity index is 1.75. The molecule has 88 valence electrons. The molecule has 1 unspecified atom stereocenters. The molecule has 0 N–H and O–H groups in total. The summed E-state index contributed by atoms with van der Waals surface area (Å²) < 4.78 is 5.32. The van der Waals surface area contributed by atoms with Crippen molar-refractivity contribution < 1.29 is 9.53 Å². The van der Waals surface area contributed by atoms with E-state index in [-0.39, 0.29) is 11.9 Å². The molecular weight excluding hydrogens is 200 g/mol. The van der Waals surface area contributed by atoms with E-state index >= 15 is 0 Å². The first-order chi connectivity index (χ1) is 7.70. The smallest absolute Gasteiger partial charge is 0.308 e. The van der Waals surface area contributed by atoms with Crippen molar-refractivity contribution in [1.29, 1.82) is 0 Å². The summed E-state index contributed by atoms with van der Waals surface area (Å²) in [6.07, 6.45) is 4.44. The molecule has 0 aromatic carbocycles. The summed E-state index contributed by atoms with van der Waals surface area (Å²) in [5.41, 5.74) is 0. The van der Waals surface area contributed by atoms with Gasteiger partial charge >= 0.3 is 5.97 Å². The maximum absolute atomic E-state index is 11.4. The van der Waals surface area contributed by atoms with Gasteiger partial charge in [0.25, 0.3) is 0 Å². The maximum Gasteiger partial charge on any atom is 0.308 e. The van der Waals surface area contributed by atoms with Gasteiger partial charge in [-0.3, -0.25) is 4.79 Å². The molecular formula is C14H20O2. The molecule has 16 heavy (non-hydrogen) atoms. The van der Waals surface area contributed by atoms with Gasteiger partial charge in [-0.05, 0) is 30.6 Å². The fourth-order valence-corrected chi connectivity index (χ4v) is 2.63. The van der Waals surface area contributed by atoms with Crippen LogP contribution in [0.4, 0.5) is 0 Å². The number of hydrogen-bond donors (Lipinski definition) is 0. The van der Waals surface area contributed by atoms with Gasteiger partial charge in [-0.1, -0.05) is 13.8 Å². The van der Waals surface area contributed by atoms with Crippen LogP contribution in [0.2, 0.25) is 0 Å². The standard InChI is InChI=1S/C14H20O2/c1-10(2)14(15)16-9-13-11-7-5-3-4-6-8-12(11)13/h10-13H,5-9H2,1-2H3/t11-,12+,13?. The van der Waals surface area contributed by atoms with Crippen LogP contribution in [0, 0.1) is 35.5 Å². The molecule has 2 rings (SSSR count). The molecule has 0 aliphatic heterocycles. The zero-order valence-corrected chi connectivity index (χ0v) is 10.2. The summed E-state index contributed by atoms with van der Waals surface area (Å²) in [6.45, 7) is 4.39. The van der Waals surface area contributed by atoms with Crippen molar-refractivity contribution in [3.63, 3.8) is 0 Å². The predicted octanol–water partition coefficient (Wildman–Crippen LogP) is 2.63. The molecule has 0 radical (unpaired) electrons. The second-order valence-electron chi connectivity index (χ2n) is 5.21. The van der Waals surface area contributed by atoms with Crippen LogP contribution >= 0.6 is 0 Å². The van der Waals surface area contributed by atoms with Crippen molar-refractivity contribution in [2.24, 2.45) is 23.7 Å². The predicted molar refractivity (Wildman–Crippen MR) is 62.5 cm³/mol. The average Bonchev–Trinajstić information content (AvgIpc) is 2.84. The van der Waals surface area contributed by atoms with E-state index in [4.69, 9.17) is 4.74 Å². The molecule has 1 saturated carbocycles. The van der Waals surface area contributed by atoms with Gasteiger partial charge in [-0.2, -0.15) is 0 Å². The van der Waals surface area contributed by atoms with Crippen LogP contribution < -0.4 is 0 Å². The third kappa shape index (κ3) is 2.58. The van der Waals surface area contributed by atoms with Gasteiger partial charge in [-0.25, -0.2) is 0 Å². The summed E-state index contributed by atoms with van der Waals surface area (Å²) >= 11 is 0. The summed E-state index contributed by atoms with van der Waals surface area (Å²) in [4.78, 5) is 11.4. The second kappa shape index (κ2) is 4.91. The summed E-state index contributed by atoms with van der Waals surface area (Å²) in [5, 5.41) is 0. The summed E-state index contributed by atoms with van der Waals surface area (Å²) in [5.74, 6) is 8.48. The average molecular weight is 220 g/mol. The third-order valence-corrected chi connectivity index (χ3v) is 3.73. The Morgan fingerprint density at radius 3 is 2.31 bits per heavy atom. The number of carbonyl (C=O) groups is 1. The summed E-state index contributed by atoms with van der Waals surface area (Å²) in [7, 11) is 0. The van der Waals surface area contributed by atoms with E-state index in [0.717, 1.165) is 24.7 Å². The molecule has 2 nitrogen and oxygen atoms in total. The summed E-state index contributed by atoms with van der Waals surface area (Å²) in [6, 6.07) is 0. The number of hydrogen-bond acceptors (Lipinski definition) is 2. The van der Waals surface area contributed by atoms with Crippen LogP contribution in [0.3, 0.4) is 0 Å². The van der Waals surface area contributed by atoms with Gasteiger partial charge in [0.1, 0.15) is 0 Å².